The molecule has 158 valence electrons. The number of hydrogen-bond acceptors (Lipinski definition) is 2. The summed E-state index contributed by atoms with van der Waals surface area (Å²) in [6.45, 7) is 7.98. The smallest absolute Gasteiger partial charge is 0.225 e. The van der Waals surface area contributed by atoms with Crippen molar-refractivity contribution in [1.82, 2.24) is 9.80 Å². The van der Waals surface area contributed by atoms with Crippen molar-refractivity contribution in [3.05, 3.63) is 35.4 Å². The van der Waals surface area contributed by atoms with Crippen molar-refractivity contribution in [3.63, 3.8) is 0 Å². The summed E-state index contributed by atoms with van der Waals surface area (Å²) in [7, 11) is 3.65. The summed E-state index contributed by atoms with van der Waals surface area (Å²) in [4.78, 5) is 29.8. The molecular weight excluding hydrogens is 360 g/mol. The predicted molar refractivity (Wildman–Crippen MR) is 116 cm³/mol. The molecule has 1 saturated heterocycles. The van der Waals surface area contributed by atoms with Crippen molar-refractivity contribution >= 4 is 11.8 Å². The molecule has 0 aromatic heterocycles. The second-order valence-electron chi connectivity index (χ2n) is 10.5. The lowest BCUT2D eigenvalue weighted by atomic mass is 9.51. The molecule has 0 N–H and O–H groups in total. The van der Waals surface area contributed by atoms with Gasteiger partial charge in [0.15, 0.2) is 0 Å². The van der Waals surface area contributed by atoms with Crippen molar-refractivity contribution in [2.75, 3.05) is 20.6 Å². The van der Waals surface area contributed by atoms with Crippen LogP contribution >= 0.6 is 0 Å². The molecule has 1 heterocycles. The van der Waals surface area contributed by atoms with E-state index in [9.17, 15) is 9.59 Å². The third-order valence-electron chi connectivity index (χ3n) is 8.66. The molecule has 2 fully saturated rings. The summed E-state index contributed by atoms with van der Waals surface area (Å²) in [5.41, 5.74) is 3.06. The Morgan fingerprint density at radius 1 is 1.00 bits per heavy atom. The van der Waals surface area contributed by atoms with Crippen molar-refractivity contribution in [2.45, 2.75) is 70.8 Å². The van der Waals surface area contributed by atoms with Gasteiger partial charge in [-0.25, -0.2) is 0 Å². The Bertz CT molecular complexity index is 807. The molecule has 4 nitrogen and oxygen atoms in total. The highest BCUT2D eigenvalue weighted by atomic mass is 16.2. The summed E-state index contributed by atoms with van der Waals surface area (Å²) >= 11 is 0. The molecule has 29 heavy (non-hydrogen) atoms. The highest BCUT2D eigenvalue weighted by Crippen LogP contribution is 2.56. The van der Waals surface area contributed by atoms with E-state index >= 15 is 0 Å². The van der Waals surface area contributed by atoms with Crippen LogP contribution in [-0.2, 0) is 21.4 Å². The van der Waals surface area contributed by atoms with Gasteiger partial charge in [0.1, 0.15) is 0 Å². The Hall–Kier alpha value is -1.84. The maximum absolute atomic E-state index is 13.6. The van der Waals surface area contributed by atoms with Crippen LogP contribution in [0.2, 0.25) is 0 Å². The van der Waals surface area contributed by atoms with Gasteiger partial charge in [-0.05, 0) is 55.1 Å². The second kappa shape index (κ2) is 7.14. The van der Waals surface area contributed by atoms with E-state index in [0.717, 1.165) is 45.1 Å². The molecule has 2 bridgehead atoms. The summed E-state index contributed by atoms with van der Waals surface area (Å²) in [6, 6.07) is 9.09. The summed E-state index contributed by atoms with van der Waals surface area (Å²) in [5.74, 6) is 0.727. The van der Waals surface area contributed by atoms with Crippen LogP contribution in [0.25, 0.3) is 0 Å². The molecule has 4 heteroatoms. The highest BCUT2D eigenvalue weighted by molar-refractivity contribution is 5.81. The van der Waals surface area contributed by atoms with Crippen molar-refractivity contribution in [3.8, 4) is 0 Å². The van der Waals surface area contributed by atoms with Gasteiger partial charge in [0.05, 0.1) is 0 Å². The fourth-order valence-corrected chi connectivity index (χ4v) is 6.32. The third kappa shape index (κ3) is 3.10. The summed E-state index contributed by atoms with van der Waals surface area (Å²) < 4.78 is 0. The van der Waals surface area contributed by atoms with Crippen LogP contribution in [-0.4, -0.2) is 48.3 Å². The average molecular weight is 397 g/mol. The summed E-state index contributed by atoms with van der Waals surface area (Å²) in [5, 5.41) is 0. The fourth-order valence-electron chi connectivity index (χ4n) is 6.32. The number of likely N-dealkylation sites (tertiary alicyclic amines) is 1. The molecule has 1 aromatic carbocycles. The molecule has 1 aliphatic heterocycles. The Balaban J connectivity index is 1.53. The zero-order valence-electron chi connectivity index (χ0n) is 18.7. The van der Waals surface area contributed by atoms with E-state index in [4.69, 9.17) is 0 Å². The molecule has 0 unspecified atom stereocenters. The van der Waals surface area contributed by atoms with Crippen LogP contribution in [0.15, 0.2) is 24.3 Å². The van der Waals surface area contributed by atoms with Crippen LogP contribution in [0.4, 0.5) is 0 Å². The first kappa shape index (κ1) is 20.4. The predicted octanol–water partition coefficient (Wildman–Crippen LogP) is 4.02. The third-order valence-corrected chi connectivity index (χ3v) is 8.66. The first-order chi connectivity index (χ1) is 13.7. The molecule has 1 aromatic rings. The molecule has 0 spiro atoms. The Morgan fingerprint density at radius 2 is 1.62 bits per heavy atom. The monoisotopic (exact) mass is 396 g/mol. The Labute approximate surface area is 175 Å². The van der Waals surface area contributed by atoms with Crippen molar-refractivity contribution in [2.24, 2.45) is 17.3 Å². The lowest BCUT2D eigenvalue weighted by Crippen LogP contribution is -2.65. The van der Waals surface area contributed by atoms with E-state index in [0.29, 0.717) is 5.91 Å². The number of piperidine rings is 1. The summed E-state index contributed by atoms with van der Waals surface area (Å²) in [6.07, 6.45) is 5.36. The lowest BCUT2D eigenvalue weighted by Gasteiger charge is -2.61. The first-order valence-corrected chi connectivity index (χ1v) is 11.3. The molecule has 2 atom stereocenters. The van der Waals surface area contributed by atoms with E-state index in [2.05, 4.69) is 49.9 Å². The van der Waals surface area contributed by atoms with Gasteiger partial charge in [0.2, 0.25) is 11.8 Å². The molecule has 4 rings (SSSR count). The van der Waals surface area contributed by atoms with Gasteiger partial charge in [-0.15, -0.1) is 0 Å². The number of carbonyl (C=O) groups is 2. The average Bonchev–Trinajstić information content (AvgIpc) is 2.70. The maximum atomic E-state index is 13.6. The number of nitrogens with zero attached hydrogens (tertiary/aromatic N) is 2. The molecule has 3 aliphatic rings. The van der Waals surface area contributed by atoms with Gasteiger partial charge in [-0.1, -0.05) is 45.0 Å². The molecule has 2 amide bonds. The van der Waals surface area contributed by atoms with E-state index in [1.54, 1.807) is 4.90 Å². The van der Waals surface area contributed by atoms with Crippen molar-refractivity contribution < 1.29 is 9.59 Å². The van der Waals surface area contributed by atoms with E-state index in [1.165, 1.54) is 11.1 Å². The van der Waals surface area contributed by atoms with Crippen LogP contribution in [0.3, 0.4) is 0 Å². The number of benzene rings is 1. The first-order valence-electron chi connectivity index (χ1n) is 11.3. The molecule has 0 radical (unpaired) electrons. The fraction of sp³-hybridized carbons (Fsp3) is 0.680. The number of carbonyl (C=O) groups excluding carboxylic acids is 2. The van der Waals surface area contributed by atoms with Crippen molar-refractivity contribution in [1.29, 1.82) is 0 Å². The minimum absolute atomic E-state index is 0.0490. The number of hydrogen-bond donors (Lipinski definition) is 0. The van der Waals surface area contributed by atoms with E-state index in [1.807, 2.05) is 14.1 Å². The normalized spacial score (nSPS) is 33.0. The van der Waals surface area contributed by atoms with Crippen LogP contribution in [0, 0.1) is 17.3 Å². The minimum atomic E-state index is 0.0490. The highest BCUT2D eigenvalue weighted by Gasteiger charge is 2.57. The van der Waals surface area contributed by atoms with E-state index < -0.39 is 0 Å². The minimum Gasteiger partial charge on any atom is -0.349 e. The quantitative estimate of drug-likeness (QED) is 0.757. The van der Waals surface area contributed by atoms with Gasteiger partial charge in [-0.3, -0.25) is 9.59 Å². The lowest BCUT2D eigenvalue weighted by molar-refractivity contribution is -0.150. The molecular formula is C25H36N2O2. The number of amides is 2. The van der Waals surface area contributed by atoms with Crippen LogP contribution in [0.1, 0.15) is 64.0 Å². The van der Waals surface area contributed by atoms with Gasteiger partial charge >= 0.3 is 0 Å². The Kier molecular flexibility index (Phi) is 5.03. The number of fused-ring (bicyclic) bond motifs is 4. The molecule has 1 saturated carbocycles. The van der Waals surface area contributed by atoms with E-state index in [-0.39, 0.29) is 34.6 Å². The Morgan fingerprint density at radius 3 is 2.28 bits per heavy atom. The van der Waals surface area contributed by atoms with Gasteiger partial charge in [-0.2, -0.15) is 0 Å². The van der Waals surface area contributed by atoms with Crippen LogP contribution < -0.4 is 0 Å². The second-order valence-corrected chi connectivity index (χ2v) is 10.5. The number of rotatable bonds is 2. The van der Waals surface area contributed by atoms with Gasteiger partial charge < -0.3 is 9.80 Å². The largest absolute Gasteiger partial charge is 0.349 e. The standard InChI is InChI=1S/C25H36N2O2/c1-24(2)21-16-19-8-6-7-9-20(19)25(24,3)14-15-27(21)23(29)18-12-10-17(11-13-18)22(28)26(4)5/h6-9,17-18,21H,10-16H2,1-5H3/t17?,18?,21-,25-/m0/s1. The van der Waals surface area contributed by atoms with Gasteiger partial charge in [0, 0.05) is 43.9 Å². The zero-order chi connectivity index (χ0) is 21.0. The maximum Gasteiger partial charge on any atom is 0.225 e. The molecule has 2 aliphatic carbocycles. The van der Waals surface area contributed by atoms with Crippen LogP contribution in [0.5, 0.6) is 0 Å². The topological polar surface area (TPSA) is 40.6 Å². The zero-order valence-corrected chi connectivity index (χ0v) is 18.7. The van der Waals surface area contributed by atoms with Gasteiger partial charge in [0.25, 0.3) is 0 Å². The SMILES string of the molecule is CN(C)C(=O)C1CCC(C(=O)N2CC[C@@]3(C)c4ccccc4C[C@H]2C3(C)C)CC1.